The van der Waals surface area contributed by atoms with Gasteiger partial charge in [0, 0.05) is 24.1 Å². The number of rotatable bonds is 6. The molecule has 0 saturated heterocycles. The average Bonchev–Trinajstić information content (AvgIpc) is 1.97. The van der Waals surface area contributed by atoms with Crippen molar-refractivity contribution in [1.29, 1.82) is 0 Å². The molecule has 0 spiro atoms. The molecule has 0 bridgehead atoms. The Balaban J connectivity index is 3.01. The summed E-state index contributed by atoms with van der Waals surface area (Å²) in [6.07, 6.45) is 0. The minimum atomic E-state index is 0.641. The maximum absolute atomic E-state index is 3.22. The van der Waals surface area contributed by atoms with Crippen LogP contribution in [0.15, 0.2) is 0 Å². The van der Waals surface area contributed by atoms with Crippen molar-refractivity contribution in [3.63, 3.8) is 0 Å². The molecule has 0 aromatic carbocycles. The van der Waals surface area contributed by atoms with Gasteiger partial charge in [0.15, 0.2) is 0 Å². The zero-order valence-corrected chi connectivity index (χ0v) is 8.87. The van der Waals surface area contributed by atoms with E-state index < -0.39 is 0 Å². The van der Waals surface area contributed by atoms with Crippen LogP contribution in [0.2, 0.25) is 0 Å². The van der Waals surface area contributed by atoms with Crippen LogP contribution in [0.1, 0.15) is 6.92 Å². The lowest BCUT2D eigenvalue weighted by Gasteiger charge is -2.11. The van der Waals surface area contributed by atoms with Crippen molar-refractivity contribution in [1.82, 2.24) is 10.2 Å². The van der Waals surface area contributed by atoms with Gasteiger partial charge in [-0.2, -0.15) is 11.8 Å². The molecule has 68 valence electrons. The van der Waals surface area contributed by atoms with E-state index in [9.17, 15) is 0 Å². The van der Waals surface area contributed by atoms with Gasteiger partial charge >= 0.3 is 0 Å². The Hall–Kier alpha value is 0.270. The van der Waals surface area contributed by atoms with Crippen molar-refractivity contribution in [2.45, 2.75) is 13.0 Å². The van der Waals surface area contributed by atoms with E-state index in [0.717, 1.165) is 0 Å². The highest BCUT2D eigenvalue weighted by molar-refractivity contribution is 7.99. The minimum absolute atomic E-state index is 0.641. The molecule has 1 unspecified atom stereocenters. The first kappa shape index (κ1) is 11.3. The Morgan fingerprint density at radius 1 is 1.45 bits per heavy atom. The lowest BCUT2D eigenvalue weighted by atomic mass is 10.4. The van der Waals surface area contributed by atoms with Crippen LogP contribution in [0, 0.1) is 0 Å². The minimum Gasteiger partial charge on any atom is -0.316 e. The Kier molecular flexibility index (Phi) is 7.12. The summed E-state index contributed by atoms with van der Waals surface area (Å²) >= 11 is 2.01. The molecule has 0 aromatic heterocycles. The summed E-state index contributed by atoms with van der Waals surface area (Å²) in [6.45, 7) is 3.39. The maximum Gasteiger partial charge on any atom is 0.0126 e. The lowest BCUT2D eigenvalue weighted by molar-refractivity contribution is 0.437. The molecular weight excluding hydrogens is 156 g/mol. The van der Waals surface area contributed by atoms with Crippen LogP contribution in [0.25, 0.3) is 0 Å². The fourth-order valence-electron chi connectivity index (χ4n) is 0.591. The van der Waals surface area contributed by atoms with Gasteiger partial charge in [-0.1, -0.05) is 0 Å². The zero-order valence-electron chi connectivity index (χ0n) is 8.05. The molecule has 0 saturated carbocycles. The summed E-state index contributed by atoms with van der Waals surface area (Å²) in [4.78, 5) is 2.22. The molecule has 2 nitrogen and oxygen atoms in total. The van der Waals surface area contributed by atoms with E-state index in [4.69, 9.17) is 0 Å². The van der Waals surface area contributed by atoms with Gasteiger partial charge in [0.05, 0.1) is 0 Å². The number of thioether (sulfide) groups is 1. The molecule has 1 N–H and O–H groups in total. The highest BCUT2D eigenvalue weighted by atomic mass is 32.2. The number of hydrogen-bond acceptors (Lipinski definition) is 3. The third kappa shape index (κ3) is 8.17. The summed E-state index contributed by atoms with van der Waals surface area (Å²) in [5.41, 5.74) is 0. The third-order valence-corrected chi connectivity index (χ3v) is 2.75. The topological polar surface area (TPSA) is 15.3 Å². The van der Waals surface area contributed by atoms with Crippen LogP contribution in [-0.2, 0) is 0 Å². The largest absolute Gasteiger partial charge is 0.316 e. The molecule has 0 aliphatic rings. The van der Waals surface area contributed by atoms with Gasteiger partial charge < -0.3 is 10.2 Å². The van der Waals surface area contributed by atoms with Crippen LogP contribution in [0.3, 0.4) is 0 Å². The quantitative estimate of drug-likeness (QED) is 0.605. The smallest absolute Gasteiger partial charge is 0.0126 e. The molecule has 1 atom stereocenters. The first-order chi connectivity index (χ1) is 5.16. The number of hydrogen-bond donors (Lipinski definition) is 1. The van der Waals surface area contributed by atoms with Crippen LogP contribution in [0.4, 0.5) is 0 Å². The Bertz CT molecular complexity index is 86.2. The first-order valence-corrected chi connectivity index (χ1v) is 5.22. The number of nitrogens with one attached hydrogen (secondary N) is 1. The van der Waals surface area contributed by atoms with Crippen molar-refractivity contribution >= 4 is 11.8 Å². The van der Waals surface area contributed by atoms with Gasteiger partial charge in [-0.15, -0.1) is 0 Å². The van der Waals surface area contributed by atoms with Crippen molar-refractivity contribution in [2.24, 2.45) is 0 Å². The normalized spacial score (nSPS) is 13.9. The fraction of sp³-hybridized carbons (Fsp3) is 1.00. The molecule has 0 heterocycles. The Morgan fingerprint density at radius 2 is 2.09 bits per heavy atom. The van der Waals surface area contributed by atoms with Gasteiger partial charge in [-0.05, 0) is 28.1 Å². The molecule has 0 fully saturated rings. The standard InChI is InChI=1S/C8H20N2S/c1-8(9-2)7-11-6-5-10(3)4/h8-9H,5-7H2,1-4H3. The second-order valence-corrected chi connectivity index (χ2v) is 4.22. The Morgan fingerprint density at radius 3 is 2.55 bits per heavy atom. The number of nitrogens with zero attached hydrogens (tertiary/aromatic N) is 1. The molecule has 0 aliphatic heterocycles. The van der Waals surface area contributed by atoms with Gasteiger partial charge in [0.1, 0.15) is 0 Å². The van der Waals surface area contributed by atoms with E-state index in [0.29, 0.717) is 6.04 Å². The first-order valence-electron chi connectivity index (χ1n) is 4.06. The Labute approximate surface area is 74.7 Å². The molecule has 0 rings (SSSR count). The predicted octanol–water partition coefficient (Wildman–Crippen LogP) is 0.889. The molecule has 0 aromatic rings. The molecule has 0 amide bonds. The molecular formula is C8H20N2S. The van der Waals surface area contributed by atoms with Crippen molar-refractivity contribution in [3.05, 3.63) is 0 Å². The van der Waals surface area contributed by atoms with Crippen LogP contribution < -0.4 is 5.32 Å². The highest BCUT2D eigenvalue weighted by Gasteiger charge is 1.97. The van der Waals surface area contributed by atoms with E-state index in [1.165, 1.54) is 18.1 Å². The lowest BCUT2D eigenvalue weighted by Crippen LogP contribution is -2.24. The van der Waals surface area contributed by atoms with Crippen LogP contribution in [0.5, 0.6) is 0 Å². The average molecular weight is 176 g/mol. The second kappa shape index (κ2) is 6.95. The monoisotopic (exact) mass is 176 g/mol. The van der Waals surface area contributed by atoms with E-state index in [2.05, 4.69) is 31.2 Å². The van der Waals surface area contributed by atoms with E-state index in [1.54, 1.807) is 0 Å². The molecule has 3 heteroatoms. The molecule has 0 aliphatic carbocycles. The van der Waals surface area contributed by atoms with E-state index in [-0.39, 0.29) is 0 Å². The summed E-state index contributed by atoms with van der Waals surface area (Å²) < 4.78 is 0. The SMILES string of the molecule is CNC(C)CSCCN(C)C. The van der Waals surface area contributed by atoms with Gasteiger partial charge in [-0.25, -0.2) is 0 Å². The summed E-state index contributed by atoms with van der Waals surface area (Å²) in [7, 11) is 6.24. The molecule has 11 heavy (non-hydrogen) atoms. The zero-order chi connectivity index (χ0) is 8.69. The maximum atomic E-state index is 3.22. The predicted molar refractivity (Wildman–Crippen MR) is 54.4 cm³/mol. The highest BCUT2D eigenvalue weighted by Crippen LogP contribution is 2.01. The van der Waals surface area contributed by atoms with Crippen molar-refractivity contribution < 1.29 is 0 Å². The van der Waals surface area contributed by atoms with Crippen LogP contribution >= 0.6 is 11.8 Å². The van der Waals surface area contributed by atoms with Crippen molar-refractivity contribution in [2.75, 3.05) is 39.2 Å². The summed E-state index contributed by atoms with van der Waals surface area (Å²) in [5, 5.41) is 3.22. The van der Waals surface area contributed by atoms with Crippen molar-refractivity contribution in [3.8, 4) is 0 Å². The van der Waals surface area contributed by atoms with Crippen LogP contribution in [-0.4, -0.2) is 50.1 Å². The third-order valence-electron chi connectivity index (χ3n) is 1.54. The van der Waals surface area contributed by atoms with E-state index in [1.807, 2.05) is 18.8 Å². The van der Waals surface area contributed by atoms with Gasteiger partial charge in [0.2, 0.25) is 0 Å². The summed E-state index contributed by atoms with van der Waals surface area (Å²) in [6, 6.07) is 0.641. The summed E-state index contributed by atoms with van der Waals surface area (Å²) in [5.74, 6) is 2.45. The fourth-order valence-corrected chi connectivity index (χ4v) is 1.77. The van der Waals surface area contributed by atoms with E-state index >= 15 is 0 Å². The van der Waals surface area contributed by atoms with Gasteiger partial charge in [0.25, 0.3) is 0 Å². The van der Waals surface area contributed by atoms with Gasteiger partial charge in [-0.3, -0.25) is 0 Å². The second-order valence-electron chi connectivity index (χ2n) is 3.07. The molecule has 0 radical (unpaired) electrons.